The number of benzene rings is 1. The highest BCUT2D eigenvalue weighted by Gasteiger charge is 2.26. The van der Waals surface area contributed by atoms with E-state index in [1.54, 1.807) is 0 Å². The van der Waals surface area contributed by atoms with E-state index in [-0.39, 0.29) is 0 Å². The van der Waals surface area contributed by atoms with Crippen molar-refractivity contribution in [2.75, 3.05) is 6.54 Å². The molecule has 0 saturated heterocycles. The van der Waals surface area contributed by atoms with Crippen molar-refractivity contribution in [3.63, 3.8) is 0 Å². The largest absolute Gasteiger partial charge is 0.313 e. The van der Waals surface area contributed by atoms with Gasteiger partial charge in [-0.15, -0.1) is 0 Å². The minimum Gasteiger partial charge on any atom is -0.313 e. The summed E-state index contributed by atoms with van der Waals surface area (Å²) in [4.78, 5) is 0. The SMILES string of the molecule is CCC(CC)C(CNC1CC1)c1ccc(Cl)c(Cl)c1. The summed E-state index contributed by atoms with van der Waals surface area (Å²) in [6, 6.07) is 6.85. The summed E-state index contributed by atoms with van der Waals surface area (Å²) in [6.07, 6.45) is 5.07. The average molecular weight is 300 g/mol. The maximum Gasteiger partial charge on any atom is 0.0595 e. The number of hydrogen-bond acceptors (Lipinski definition) is 1. The average Bonchev–Trinajstić information content (AvgIpc) is 3.22. The van der Waals surface area contributed by atoms with Crippen LogP contribution in [0.1, 0.15) is 51.0 Å². The molecular formula is C16H23Cl2N. The molecule has 1 aromatic carbocycles. The van der Waals surface area contributed by atoms with Gasteiger partial charge in [-0.3, -0.25) is 0 Å². The molecule has 2 rings (SSSR count). The minimum atomic E-state index is 0.533. The molecular weight excluding hydrogens is 277 g/mol. The number of nitrogens with one attached hydrogen (secondary N) is 1. The Morgan fingerprint density at radius 3 is 2.37 bits per heavy atom. The second-order valence-corrected chi connectivity index (χ2v) is 6.35. The molecule has 0 heterocycles. The Hall–Kier alpha value is -0.240. The van der Waals surface area contributed by atoms with E-state index < -0.39 is 0 Å². The molecule has 1 N–H and O–H groups in total. The molecule has 1 saturated carbocycles. The van der Waals surface area contributed by atoms with E-state index in [1.165, 1.54) is 31.2 Å². The topological polar surface area (TPSA) is 12.0 Å². The molecule has 1 aromatic rings. The molecule has 1 fully saturated rings. The summed E-state index contributed by atoms with van der Waals surface area (Å²) in [5, 5.41) is 4.97. The molecule has 1 aliphatic carbocycles. The van der Waals surface area contributed by atoms with Gasteiger partial charge < -0.3 is 5.32 Å². The van der Waals surface area contributed by atoms with Crippen LogP contribution in [0, 0.1) is 5.92 Å². The second-order valence-electron chi connectivity index (χ2n) is 5.54. The molecule has 1 unspecified atom stereocenters. The number of rotatable bonds is 7. The molecule has 0 aromatic heterocycles. The van der Waals surface area contributed by atoms with Gasteiger partial charge in [-0.25, -0.2) is 0 Å². The Labute approximate surface area is 126 Å². The predicted molar refractivity (Wildman–Crippen MR) is 84.3 cm³/mol. The molecule has 3 heteroatoms. The van der Waals surface area contributed by atoms with Crippen LogP contribution in [-0.4, -0.2) is 12.6 Å². The Morgan fingerprint density at radius 2 is 1.84 bits per heavy atom. The van der Waals surface area contributed by atoms with Gasteiger partial charge in [0.25, 0.3) is 0 Å². The fourth-order valence-corrected chi connectivity index (χ4v) is 3.05. The zero-order valence-electron chi connectivity index (χ0n) is 11.8. The maximum atomic E-state index is 6.17. The van der Waals surface area contributed by atoms with Gasteiger partial charge in [0.1, 0.15) is 0 Å². The summed E-state index contributed by atoms with van der Waals surface area (Å²) in [5.74, 6) is 1.23. The first-order valence-corrected chi connectivity index (χ1v) is 8.09. The Balaban J connectivity index is 2.15. The second kappa shape index (κ2) is 6.97. The van der Waals surface area contributed by atoms with Crippen molar-refractivity contribution in [2.45, 2.75) is 51.5 Å². The van der Waals surface area contributed by atoms with E-state index in [2.05, 4.69) is 25.2 Å². The summed E-state index contributed by atoms with van der Waals surface area (Å²) in [7, 11) is 0. The van der Waals surface area contributed by atoms with Crippen molar-refractivity contribution in [3.8, 4) is 0 Å². The molecule has 0 amide bonds. The maximum absolute atomic E-state index is 6.17. The Morgan fingerprint density at radius 1 is 1.16 bits per heavy atom. The molecule has 19 heavy (non-hydrogen) atoms. The van der Waals surface area contributed by atoms with E-state index in [4.69, 9.17) is 23.2 Å². The van der Waals surface area contributed by atoms with E-state index in [0.29, 0.717) is 21.9 Å². The van der Waals surface area contributed by atoms with Gasteiger partial charge in [0.05, 0.1) is 10.0 Å². The smallest absolute Gasteiger partial charge is 0.0595 e. The first-order chi connectivity index (χ1) is 9.15. The van der Waals surface area contributed by atoms with E-state index in [0.717, 1.165) is 12.6 Å². The number of hydrogen-bond donors (Lipinski definition) is 1. The quantitative estimate of drug-likeness (QED) is 0.723. The Bertz CT molecular complexity index is 411. The highest BCUT2D eigenvalue weighted by Crippen LogP contribution is 2.33. The normalized spacial score (nSPS) is 16.9. The van der Waals surface area contributed by atoms with Crippen LogP contribution in [-0.2, 0) is 0 Å². The van der Waals surface area contributed by atoms with Crippen LogP contribution in [0.5, 0.6) is 0 Å². The van der Waals surface area contributed by atoms with Gasteiger partial charge in [0.15, 0.2) is 0 Å². The van der Waals surface area contributed by atoms with Gasteiger partial charge in [0, 0.05) is 12.6 Å². The minimum absolute atomic E-state index is 0.533. The first-order valence-electron chi connectivity index (χ1n) is 7.34. The van der Waals surface area contributed by atoms with Gasteiger partial charge in [-0.2, -0.15) is 0 Å². The van der Waals surface area contributed by atoms with E-state index in [9.17, 15) is 0 Å². The molecule has 1 nitrogen and oxygen atoms in total. The molecule has 1 atom stereocenters. The van der Waals surface area contributed by atoms with E-state index >= 15 is 0 Å². The zero-order valence-corrected chi connectivity index (χ0v) is 13.3. The third-order valence-corrected chi connectivity index (χ3v) is 4.93. The molecule has 0 radical (unpaired) electrons. The number of halogens is 2. The van der Waals surface area contributed by atoms with Crippen molar-refractivity contribution >= 4 is 23.2 Å². The predicted octanol–water partition coefficient (Wildman–Crippen LogP) is 5.27. The third kappa shape index (κ3) is 4.11. The lowest BCUT2D eigenvalue weighted by Gasteiger charge is -2.26. The summed E-state index contributed by atoms with van der Waals surface area (Å²) in [6.45, 7) is 5.60. The van der Waals surface area contributed by atoms with Gasteiger partial charge in [-0.1, -0.05) is 56.0 Å². The monoisotopic (exact) mass is 299 g/mol. The lowest BCUT2D eigenvalue weighted by molar-refractivity contribution is 0.379. The lowest BCUT2D eigenvalue weighted by atomic mass is 9.82. The van der Waals surface area contributed by atoms with Crippen LogP contribution in [0.25, 0.3) is 0 Å². The summed E-state index contributed by atoms with van der Waals surface area (Å²) >= 11 is 12.2. The molecule has 106 valence electrons. The first kappa shape index (κ1) is 15.2. The highest BCUT2D eigenvalue weighted by atomic mass is 35.5. The van der Waals surface area contributed by atoms with Crippen LogP contribution < -0.4 is 5.32 Å². The van der Waals surface area contributed by atoms with Gasteiger partial charge in [-0.05, 0) is 42.4 Å². The van der Waals surface area contributed by atoms with Crippen molar-refractivity contribution in [1.82, 2.24) is 5.32 Å². The van der Waals surface area contributed by atoms with E-state index in [1.807, 2.05) is 12.1 Å². The lowest BCUT2D eigenvalue weighted by Crippen LogP contribution is -2.28. The molecule has 0 bridgehead atoms. The molecule has 0 spiro atoms. The highest BCUT2D eigenvalue weighted by molar-refractivity contribution is 6.42. The van der Waals surface area contributed by atoms with Crippen molar-refractivity contribution in [3.05, 3.63) is 33.8 Å². The summed E-state index contributed by atoms with van der Waals surface area (Å²) < 4.78 is 0. The fourth-order valence-electron chi connectivity index (χ4n) is 2.74. The fraction of sp³-hybridized carbons (Fsp3) is 0.625. The van der Waals surface area contributed by atoms with Crippen LogP contribution in [0.4, 0.5) is 0 Å². The van der Waals surface area contributed by atoms with Gasteiger partial charge in [0.2, 0.25) is 0 Å². The zero-order chi connectivity index (χ0) is 13.8. The Kier molecular flexibility index (Phi) is 5.56. The van der Waals surface area contributed by atoms with Crippen molar-refractivity contribution in [1.29, 1.82) is 0 Å². The summed E-state index contributed by atoms with van der Waals surface area (Å²) in [5.41, 5.74) is 1.32. The standard InChI is InChI=1S/C16H23Cl2N/c1-3-11(4-2)14(10-19-13-6-7-13)12-5-8-15(17)16(18)9-12/h5,8-9,11,13-14,19H,3-4,6-7,10H2,1-2H3. The van der Waals surface area contributed by atoms with Crippen LogP contribution >= 0.6 is 23.2 Å². The van der Waals surface area contributed by atoms with Gasteiger partial charge >= 0.3 is 0 Å². The van der Waals surface area contributed by atoms with Crippen molar-refractivity contribution in [2.24, 2.45) is 5.92 Å². The van der Waals surface area contributed by atoms with Crippen LogP contribution in [0.3, 0.4) is 0 Å². The van der Waals surface area contributed by atoms with Crippen LogP contribution in [0.2, 0.25) is 10.0 Å². The van der Waals surface area contributed by atoms with Crippen molar-refractivity contribution < 1.29 is 0 Å². The van der Waals surface area contributed by atoms with Crippen LogP contribution in [0.15, 0.2) is 18.2 Å². The third-order valence-electron chi connectivity index (χ3n) is 4.19. The molecule has 0 aliphatic heterocycles. The molecule has 1 aliphatic rings.